The summed E-state index contributed by atoms with van der Waals surface area (Å²) in [6, 6.07) is 11.4. The highest BCUT2D eigenvalue weighted by atomic mass is 16.1. The molecule has 5 heteroatoms. The van der Waals surface area contributed by atoms with Crippen LogP contribution in [0.15, 0.2) is 42.6 Å². The number of anilines is 1. The Bertz CT molecular complexity index is 821. The van der Waals surface area contributed by atoms with Gasteiger partial charge in [-0.05, 0) is 51.1 Å². The summed E-state index contributed by atoms with van der Waals surface area (Å²) < 4.78 is 2.18. The zero-order valence-corrected chi connectivity index (χ0v) is 12.9. The standard InChI is InChI=1S/C17H18N4O/c1-11(2)21-12(3)19-15-10-13(7-8-16(15)21)20-17(22)14-6-4-5-9-18-14/h4-11H,1-3H3,(H,20,22). The largest absolute Gasteiger partial charge is 0.326 e. The van der Waals surface area contributed by atoms with Crippen LogP contribution in [0.2, 0.25) is 0 Å². The van der Waals surface area contributed by atoms with Gasteiger partial charge in [0.15, 0.2) is 0 Å². The summed E-state index contributed by atoms with van der Waals surface area (Å²) in [5.41, 5.74) is 3.07. The molecule has 0 bridgehead atoms. The lowest BCUT2D eigenvalue weighted by molar-refractivity contribution is 0.102. The van der Waals surface area contributed by atoms with Gasteiger partial charge in [0.1, 0.15) is 11.5 Å². The maximum absolute atomic E-state index is 12.1. The van der Waals surface area contributed by atoms with E-state index in [-0.39, 0.29) is 5.91 Å². The maximum atomic E-state index is 12.1. The molecule has 0 aliphatic heterocycles. The third kappa shape index (κ3) is 2.57. The molecule has 112 valence electrons. The van der Waals surface area contributed by atoms with E-state index in [9.17, 15) is 4.79 Å². The molecule has 0 radical (unpaired) electrons. The van der Waals surface area contributed by atoms with Gasteiger partial charge in [-0.1, -0.05) is 6.07 Å². The zero-order chi connectivity index (χ0) is 15.7. The third-order valence-electron chi connectivity index (χ3n) is 3.54. The van der Waals surface area contributed by atoms with E-state index >= 15 is 0 Å². The molecule has 1 amide bonds. The molecule has 0 saturated heterocycles. The van der Waals surface area contributed by atoms with Gasteiger partial charge in [-0.3, -0.25) is 9.78 Å². The van der Waals surface area contributed by atoms with Crippen molar-refractivity contribution in [1.82, 2.24) is 14.5 Å². The Balaban J connectivity index is 1.92. The van der Waals surface area contributed by atoms with Crippen molar-refractivity contribution < 1.29 is 4.79 Å². The molecule has 5 nitrogen and oxygen atoms in total. The van der Waals surface area contributed by atoms with Gasteiger partial charge >= 0.3 is 0 Å². The van der Waals surface area contributed by atoms with Crippen LogP contribution in [0.5, 0.6) is 0 Å². The van der Waals surface area contributed by atoms with E-state index in [0.29, 0.717) is 11.7 Å². The number of fused-ring (bicyclic) bond motifs is 1. The van der Waals surface area contributed by atoms with Crippen LogP contribution in [0.4, 0.5) is 5.69 Å². The van der Waals surface area contributed by atoms with Crippen LogP contribution in [-0.4, -0.2) is 20.4 Å². The number of nitrogens with one attached hydrogen (secondary N) is 1. The molecule has 0 saturated carbocycles. The average molecular weight is 294 g/mol. The number of pyridine rings is 1. The monoisotopic (exact) mass is 294 g/mol. The van der Waals surface area contributed by atoms with Crippen molar-refractivity contribution in [2.45, 2.75) is 26.8 Å². The minimum atomic E-state index is -0.222. The summed E-state index contributed by atoms with van der Waals surface area (Å²) in [4.78, 5) is 20.7. The van der Waals surface area contributed by atoms with Crippen molar-refractivity contribution in [3.05, 3.63) is 54.1 Å². The highest BCUT2D eigenvalue weighted by Gasteiger charge is 2.12. The quantitative estimate of drug-likeness (QED) is 0.803. The molecule has 22 heavy (non-hydrogen) atoms. The molecular weight excluding hydrogens is 276 g/mol. The van der Waals surface area contributed by atoms with E-state index in [1.54, 1.807) is 24.4 Å². The average Bonchev–Trinajstić information content (AvgIpc) is 2.83. The van der Waals surface area contributed by atoms with Crippen molar-refractivity contribution in [2.75, 3.05) is 5.32 Å². The first kappa shape index (κ1) is 14.3. The molecule has 3 rings (SSSR count). The molecule has 3 aromatic rings. The second-order valence-corrected chi connectivity index (χ2v) is 5.50. The lowest BCUT2D eigenvalue weighted by Gasteiger charge is -2.11. The number of benzene rings is 1. The summed E-state index contributed by atoms with van der Waals surface area (Å²) in [5, 5.41) is 2.86. The van der Waals surface area contributed by atoms with Gasteiger partial charge in [-0.25, -0.2) is 4.98 Å². The Morgan fingerprint density at radius 1 is 1.23 bits per heavy atom. The van der Waals surface area contributed by atoms with E-state index in [2.05, 4.69) is 33.7 Å². The van der Waals surface area contributed by atoms with Crippen molar-refractivity contribution in [3.8, 4) is 0 Å². The van der Waals surface area contributed by atoms with Gasteiger partial charge in [0.05, 0.1) is 11.0 Å². The number of nitrogens with zero attached hydrogens (tertiary/aromatic N) is 3. The highest BCUT2D eigenvalue weighted by Crippen LogP contribution is 2.23. The third-order valence-corrected chi connectivity index (χ3v) is 3.54. The fourth-order valence-corrected chi connectivity index (χ4v) is 2.64. The number of imidazole rings is 1. The van der Waals surface area contributed by atoms with Gasteiger partial charge in [0.25, 0.3) is 5.91 Å². The van der Waals surface area contributed by atoms with Crippen molar-refractivity contribution >= 4 is 22.6 Å². The second kappa shape index (κ2) is 5.60. The lowest BCUT2D eigenvalue weighted by Crippen LogP contribution is -2.13. The Morgan fingerprint density at radius 2 is 2.05 bits per heavy atom. The van der Waals surface area contributed by atoms with Crippen LogP contribution < -0.4 is 5.32 Å². The minimum Gasteiger partial charge on any atom is -0.326 e. The molecule has 1 aromatic carbocycles. The SMILES string of the molecule is Cc1nc2cc(NC(=O)c3ccccn3)ccc2n1C(C)C. The first-order chi connectivity index (χ1) is 10.6. The van der Waals surface area contributed by atoms with Crippen LogP contribution >= 0.6 is 0 Å². The van der Waals surface area contributed by atoms with Crippen LogP contribution in [0.1, 0.15) is 36.2 Å². The van der Waals surface area contributed by atoms with Gasteiger partial charge in [0.2, 0.25) is 0 Å². The van der Waals surface area contributed by atoms with Crippen molar-refractivity contribution in [2.24, 2.45) is 0 Å². The fourth-order valence-electron chi connectivity index (χ4n) is 2.64. The lowest BCUT2D eigenvalue weighted by atomic mass is 10.2. The smallest absolute Gasteiger partial charge is 0.274 e. The number of hydrogen-bond acceptors (Lipinski definition) is 3. The first-order valence-corrected chi connectivity index (χ1v) is 7.27. The van der Waals surface area contributed by atoms with E-state index in [1.807, 2.05) is 25.1 Å². The zero-order valence-electron chi connectivity index (χ0n) is 12.9. The molecule has 2 heterocycles. The number of amides is 1. The Morgan fingerprint density at radius 3 is 2.73 bits per heavy atom. The molecule has 2 aromatic heterocycles. The van der Waals surface area contributed by atoms with Gasteiger partial charge in [-0.15, -0.1) is 0 Å². The number of rotatable bonds is 3. The summed E-state index contributed by atoms with van der Waals surface area (Å²) in [6.07, 6.45) is 1.60. The molecular formula is C17H18N4O. The van der Waals surface area contributed by atoms with E-state index in [1.165, 1.54) is 0 Å². The van der Waals surface area contributed by atoms with Crippen LogP contribution in [-0.2, 0) is 0 Å². The Labute approximate surface area is 129 Å². The van der Waals surface area contributed by atoms with E-state index < -0.39 is 0 Å². The molecule has 0 aliphatic rings. The molecule has 0 fully saturated rings. The van der Waals surface area contributed by atoms with Crippen LogP contribution in [0.3, 0.4) is 0 Å². The Kier molecular flexibility index (Phi) is 3.63. The maximum Gasteiger partial charge on any atom is 0.274 e. The summed E-state index contributed by atoms with van der Waals surface area (Å²) in [7, 11) is 0. The predicted octanol–water partition coefficient (Wildman–Crippen LogP) is 3.57. The highest BCUT2D eigenvalue weighted by molar-refractivity contribution is 6.03. The topological polar surface area (TPSA) is 59.8 Å². The molecule has 0 spiro atoms. The molecule has 0 unspecified atom stereocenters. The summed E-state index contributed by atoms with van der Waals surface area (Å²) in [6.45, 7) is 6.25. The number of hydrogen-bond donors (Lipinski definition) is 1. The minimum absolute atomic E-state index is 0.222. The first-order valence-electron chi connectivity index (χ1n) is 7.27. The predicted molar refractivity (Wildman–Crippen MR) is 87.0 cm³/mol. The number of aryl methyl sites for hydroxylation is 1. The van der Waals surface area contributed by atoms with Gasteiger partial charge < -0.3 is 9.88 Å². The number of carbonyl (C=O) groups excluding carboxylic acids is 1. The molecule has 0 atom stereocenters. The fraction of sp³-hybridized carbons (Fsp3) is 0.235. The van der Waals surface area contributed by atoms with Gasteiger partial charge in [0, 0.05) is 17.9 Å². The molecule has 0 aliphatic carbocycles. The Hall–Kier alpha value is -2.69. The summed E-state index contributed by atoms with van der Waals surface area (Å²) >= 11 is 0. The van der Waals surface area contributed by atoms with Crippen LogP contribution in [0.25, 0.3) is 11.0 Å². The van der Waals surface area contributed by atoms with Crippen molar-refractivity contribution in [3.63, 3.8) is 0 Å². The molecule has 1 N–H and O–H groups in total. The van der Waals surface area contributed by atoms with Gasteiger partial charge in [-0.2, -0.15) is 0 Å². The number of aromatic nitrogens is 3. The van der Waals surface area contributed by atoms with Crippen molar-refractivity contribution in [1.29, 1.82) is 0 Å². The van der Waals surface area contributed by atoms with E-state index in [0.717, 1.165) is 22.5 Å². The second-order valence-electron chi connectivity index (χ2n) is 5.50. The normalized spacial score (nSPS) is 11.1. The summed E-state index contributed by atoms with van der Waals surface area (Å²) in [5.74, 6) is 0.748. The van der Waals surface area contributed by atoms with E-state index in [4.69, 9.17) is 0 Å². The number of carbonyl (C=O) groups is 1. The van der Waals surface area contributed by atoms with Crippen LogP contribution in [0, 0.1) is 6.92 Å².